The molecule has 0 bridgehead atoms. The Hall–Kier alpha value is -1.62. The molecule has 1 aromatic rings. The molecule has 0 spiro atoms. The Bertz CT molecular complexity index is 489. The van der Waals surface area contributed by atoms with E-state index in [1.54, 1.807) is 19.9 Å². The van der Waals surface area contributed by atoms with Crippen LogP contribution in [0.2, 0.25) is 0 Å². The third kappa shape index (κ3) is 4.52. The fourth-order valence-corrected chi connectivity index (χ4v) is 1.51. The van der Waals surface area contributed by atoms with Gasteiger partial charge in [-0.1, -0.05) is 19.9 Å². The van der Waals surface area contributed by atoms with E-state index in [0.29, 0.717) is 12.8 Å². The van der Waals surface area contributed by atoms with Gasteiger partial charge in [0, 0.05) is 5.41 Å². The average Bonchev–Trinajstić information content (AvgIpc) is 2.27. The van der Waals surface area contributed by atoms with Gasteiger partial charge in [-0.2, -0.15) is 0 Å². The van der Waals surface area contributed by atoms with Crippen LogP contribution in [0.5, 0.6) is 0 Å². The first-order valence-corrected chi connectivity index (χ1v) is 5.67. The fourth-order valence-electron chi connectivity index (χ4n) is 1.51. The molecule has 0 unspecified atom stereocenters. The highest BCUT2D eigenvalue weighted by molar-refractivity contribution is 5.95. The largest absolute Gasteiger partial charge is 0.384 e. The van der Waals surface area contributed by atoms with E-state index in [-0.39, 0.29) is 29.7 Å². The van der Waals surface area contributed by atoms with Gasteiger partial charge in [-0.25, -0.2) is 4.39 Å². The maximum Gasteiger partial charge on any atom is 0.223 e. The highest BCUT2D eigenvalue weighted by Crippen LogP contribution is 2.23. The minimum Gasteiger partial charge on any atom is -0.384 e. The first kappa shape index (κ1) is 17.4. The first-order valence-electron chi connectivity index (χ1n) is 5.67. The number of hydrogen-bond acceptors (Lipinski definition) is 2. The molecule has 0 radical (unpaired) electrons. The normalized spacial score (nSPS) is 10.7. The monoisotopic (exact) mass is 287 g/mol. The SMILES string of the molecule is CC(C)(CCc1ccc(F)c(C(=N)N)c1)C(N)=O.Cl. The molecular formula is C13H19ClFN3O. The topological polar surface area (TPSA) is 93.0 Å². The Morgan fingerprint density at radius 1 is 1.37 bits per heavy atom. The van der Waals surface area contributed by atoms with Crippen LogP contribution >= 0.6 is 12.4 Å². The Labute approximate surface area is 118 Å². The second kappa shape index (κ2) is 6.52. The lowest BCUT2D eigenvalue weighted by molar-refractivity contribution is -0.126. The zero-order valence-corrected chi connectivity index (χ0v) is 11.8. The summed E-state index contributed by atoms with van der Waals surface area (Å²) >= 11 is 0. The Morgan fingerprint density at radius 2 is 1.95 bits per heavy atom. The summed E-state index contributed by atoms with van der Waals surface area (Å²) < 4.78 is 13.3. The number of carbonyl (C=O) groups is 1. The number of nitrogen functional groups attached to an aromatic ring is 1. The van der Waals surface area contributed by atoms with E-state index in [0.717, 1.165) is 5.56 Å². The van der Waals surface area contributed by atoms with Crippen LogP contribution in [-0.2, 0) is 11.2 Å². The predicted octanol–water partition coefficient (Wildman–Crippen LogP) is 1.98. The van der Waals surface area contributed by atoms with Gasteiger partial charge in [0.05, 0.1) is 5.56 Å². The van der Waals surface area contributed by atoms with Crippen LogP contribution < -0.4 is 11.5 Å². The minimum absolute atomic E-state index is 0. The molecule has 6 heteroatoms. The summed E-state index contributed by atoms with van der Waals surface area (Å²) in [6.45, 7) is 3.54. The molecule has 0 aliphatic rings. The summed E-state index contributed by atoms with van der Waals surface area (Å²) in [7, 11) is 0. The standard InChI is InChI=1S/C13H18FN3O.ClH/c1-13(2,12(17)18)6-5-8-3-4-10(14)9(7-8)11(15)16;/h3-4,7H,5-6H2,1-2H3,(H3,15,16)(H2,17,18);1H. The van der Waals surface area contributed by atoms with Gasteiger partial charge in [-0.3, -0.25) is 10.2 Å². The molecule has 1 aromatic carbocycles. The number of amidine groups is 1. The van der Waals surface area contributed by atoms with Crippen molar-refractivity contribution >= 4 is 24.1 Å². The molecule has 1 amide bonds. The van der Waals surface area contributed by atoms with Crippen molar-refractivity contribution in [2.45, 2.75) is 26.7 Å². The summed E-state index contributed by atoms with van der Waals surface area (Å²) in [5.41, 5.74) is 10.9. The van der Waals surface area contributed by atoms with Gasteiger partial charge in [0.25, 0.3) is 0 Å². The summed E-state index contributed by atoms with van der Waals surface area (Å²) in [6.07, 6.45) is 1.14. The van der Waals surface area contributed by atoms with Crippen molar-refractivity contribution in [1.82, 2.24) is 0 Å². The number of halogens is 2. The lowest BCUT2D eigenvalue weighted by atomic mass is 9.85. The van der Waals surface area contributed by atoms with E-state index in [2.05, 4.69) is 0 Å². The number of aryl methyl sites for hydroxylation is 1. The van der Waals surface area contributed by atoms with Crippen molar-refractivity contribution in [1.29, 1.82) is 5.41 Å². The van der Waals surface area contributed by atoms with Crippen molar-refractivity contribution in [2.24, 2.45) is 16.9 Å². The van der Waals surface area contributed by atoms with Crippen molar-refractivity contribution < 1.29 is 9.18 Å². The number of nitrogens with two attached hydrogens (primary N) is 2. The van der Waals surface area contributed by atoms with Crippen LogP contribution in [0.3, 0.4) is 0 Å². The molecule has 0 aromatic heterocycles. The highest BCUT2D eigenvalue weighted by atomic mass is 35.5. The molecule has 1 rings (SSSR count). The molecule has 0 saturated carbocycles. The zero-order valence-electron chi connectivity index (χ0n) is 11.0. The number of benzene rings is 1. The lowest BCUT2D eigenvalue weighted by Crippen LogP contribution is -2.31. The fraction of sp³-hybridized carbons (Fsp3) is 0.385. The van der Waals surface area contributed by atoms with Crippen molar-refractivity contribution in [3.63, 3.8) is 0 Å². The van der Waals surface area contributed by atoms with E-state index in [1.165, 1.54) is 12.1 Å². The molecule has 5 N–H and O–H groups in total. The van der Waals surface area contributed by atoms with E-state index in [1.807, 2.05) is 0 Å². The molecule has 0 fully saturated rings. The van der Waals surface area contributed by atoms with Crippen LogP contribution in [-0.4, -0.2) is 11.7 Å². The van der Waals surface area contributed by atoms with E-state index < -0.39 is 11.2 Å². The second-order valence-corrected chi connectivity index (χ2v) is 4.98. The highest BCUT2D eigenvalue weighted by Gasteiger charge is 2.24. The van der Waals surface area contributed by atoms with E-state index in [9.17, 15) is 9.18 Å². The number of nitrogens with one attached hydrogen (secondary N) is 1. The maximum atomic E-state index is 13.3. The van der Waals surface area contributed by atoms with Crippen molar-refractivity contribution in [2.75, 3.05) is 0 Å². The zero-order chi connectivity index (χ0) is 13.9. The predicted molar refractivity (Wildman–Crippen MR) is 76.0 cm³/mol. The Balaban J connectivity index is 0.00000324. The van der Waals surface area contributed by atoms with Crippen LogP contribution in [0.15, 0.2) is 18.2 Å². The third-order valence-corrected chi connectivity index (χ3v) is 3.03. The smallest absolute Gasteiger partial charge is 0.223 e. The minimum atomic E-state index is -0.606. The molecule has 4 nitrogen and oxygen atoms in total. The van der Waals surface area contributed by atoms with Crippen molar-refractivity contribution in [3.8, 4) is 0 Å². The van der Waals surface area contributed by atoms with Gasteiger partial charge in [0.2, 0.25) is 5.91 Å². The third-order valence-electron chi connectivity index (χ3n) is 3.03. The molecule has 0 saturated heterocycles. The quantitative estimate of drug-likeness (QED) is 0.570. The summed E-state index contributed by atoms with van der Waals surface area (Å²) in [5.74, 6) is -1.18. The van der Waals surface area contributed by atoms with Gasteiger partial charge in [0.15, 0.2) is 0 Å². The number of primary amides is 1. The van der Waals surface area contributed by atoms with Gasteiger partial charge < -0.3 is 11.5 Å². The number of carbonyl (C=O) groups excluding carboxylic acids is 1. The summed E-state index contributed by atoms with van der Waals surface area (Å²) in [6, 6.07) is 4.44. The van der Waals surface area contributed by atoms with Gasteiger partial charge >= 0.3 is 0 Å². The van der Waals surface area contributed by atoms with Crippen LogP contribution in [0, 0.1) is 16.6 Å². The van der Waals surface area contributed by atoms with Gasteiger partial charge in [-0.15, -0.1) is 12.4 Å². The molecule has 19 heavy (non-hydrogen) atoms. The molecule has 0 aliphatic heterocycles. The average molecular weight is 288 g/mol. The number of amides is 1. The van der Waals surface area contributed by atoms with E-state index in [4.69, 9.17) is 16.9 Å². The molecule has 0 atom stereocenters. The number of hydrogen-bond donors (Lipinski definition) is 3. The Morgan fingerprint density at radius 3 is 2.42 bits per heavy atom. The molecule has 106 valence electrons. The lowest BCUT2D eigenvalue weighted by Gasteiger charge is -2.20. The van der Waals surface area contributed by atoms with Crippen molar-refractivity contribution in [3.05, 3.63) is 35.1 Å². The number of rotatable bonds is 5. The van der Waals surface area contributed by atoms with E-state index >= 15 is 0 Å². The summed E-state index contributed by atoms with van der Waals surface area (Å²) in [5, 5.41) is 7.26. The first-order chi connectivity index (χ1) is 8.24. The van der Waals surface area contributed by atoms with Gasteiger partial charge in [-0.05, 0) is 30.5 Å². The van der Waals surface area contributed by atoms with Crippen LogP contribution in [0.4, 0.5) is 4.39 Å². The van der Waals surface area contributed by atoms with Crippen LogP contribution in [0.25, 0.3) is 0 Å². The molecular weight excluding hydrogens is 269 g/mol. The van der Waals surface area contributed by atoms with Crippen LogP contribution in [0.1, 0.15) is 31.4 Å². The molecule has 0 aliphatic carbocycles. The Kier molecular flexibility index (Phi) is 5.96. The second-order valence-electron chi connectivity index (χ2n) is 4.98. The van der Waals surface area contributed by atoms with Gasteiger partial charge in [0.1, 0.15) is 11.7 Å². The molecule has 0 heterocycles. The summed E-state index contributed by atoms with van der Waals surface area (Å²) in [4.78, 5) is 11.2. The maximum absolute atomic E-state index is 13.3.